The van der Waals surface area contributed by atoms with Crippen LogP contribution in [0.25, 0.3) is 11.1 Å². The van der Waals surface area contributed by atoms with Crippen LogP contribution in [0.15, 0.2) is 48.5 Å². The topological polar surface area (TPSA) is 114 Å². The predicted octanol–water partition coefficient (Wildman–Crippen LogP) is 2.66. The van der Waals surface area contributed by atoms with Crippen molar-refractivity contribution >= 4 is 18.0 Å². The maximum atomic E-state index is 12.6. The van der Waals surface area contributed by atoms with Crippen LogP contribution in [0.3, 0.4) is 0 Å². The van der Waals surface area contributed by atoms with E-state index in [0.29, 0.717) is 12.8 Å². The average molecular weight is 450 g/mol. The molecule has 1 heterocycles. The minimum Gasteiger partial charge on any atom is -0.481 e. The van der Waals surface area contributed by atoms with E-state index in [-0.39, 0.29) is 38.1 Å². The molecule has 1 saturated carbocycles. The molecule has 3 aliphatic rings. The summed E-state index contributed by atoms with van der Waals surface area (Å²) in [7, 11) is 0. The SMILES string of the molecule is O=C(CC1(NC(=O)OCC2c3ccccc3-c3ccccc32)CC1)NC1COCC1C(=O)O. The van der Waals surface area contributed by atoms with Crippen molar-refractivity contribution in [3.05, 3.63) is 59.7 Å². The van der Waals surface area contributed by atoms with Crippen LogP contribution in [0.2, 0.25) is 0 Å². The highest BCUT2D eigenvalue weighted by Crippen LogP contribution is 2.44. The van der Waals surface area contributed by atoms with Gasteiger partial charge in [-0.2, -0.15) is 0 Å². The number of alkyl carbamates (subject to hydrolysis) is 1. The van der Waals surface area contributed by atoms with E-state index in [1.165, 1.54) is 0 Å². The van der Waals surface area contributed by atoms with Crippen LogP contribution in [0.5, 0.6) is 0 Å². The standard InChI is InChI=1S/C25H26N2O6/c28-22(26-21-14-32-12-20(21)23(29)30)11-25(9-10-25)27-24(31)33-13-19-17-7-3-1-5-15(17)16-6-2-4-8-18(16)19/h1-8,19-21H,9-14H2,(H,26,28)(H,27,31)(H,29,30). The first-order valence-corrected chi connectivity index (χ1v) is 11.2. The van der Waals surface area contributed by atoms with Crippen molar-refractivity contribution < 1.29 is 29.0 Å². The second kappa shape index (κ2) is 8.51. The van der Waals surface area contributed by atoms with Gasteiger partial charge in [0.15, 0.2) is 0 Å². The van der Waals surface area contributed by atoms with Crippen molar-refractivity contribution in [3.63, 3.8) is 0 Å². The van der Waals surface area contributed by atoms with Gasteiger partial charge in [0.25, 0.3) is 0 Å². The fraction of sp³-hybridized carbons (Fsp3) is 0.400. The number of ether oxygens (including phenoxy) is 2. The number of carboxylic acids is 1. The van der Waals surface area contributed by atoms with Crippen molar-refractivity contribution in [1.29, 1.82) is 0 Å². The fourth-order valence-corrected chi connectivity index (χ4v) is 4.85. The van der Waals surface area contributed by atoms with E-state index in [0.717, 1.165) is 22.3 Å². The molecule has 0 bridgehead atoms. The Morgan fingerprint density at radius 3 is 2.24 bits per heavy atom. The number of aliphatic carboxylic acids is 1. The number of rotatable bonds is 7. The van der Waals surface area contributed by atoms with E-state index in [1.54, 1.807) is 0 Å². The molecule has 2 unspecified atom stereocenters. The summed E-state index contributed by atoms with van der Waals surface area (Å²) < 4.78 is 10.8. The third-order valence-corrected chi connectivity index (χ3v) is 6.81. The number of carbonyl (C=O) groups excluding carboxylic acids is 2. The molecule has 2 aliphatic carbocycles. The summed E-state index contributed by atoms with van der Waals surface area (Å²) in [6.45, 7) is 0.473. The van der Waals surface area contributed by atoms with Crippen LogP contribution in [0.4, 0.5) is 4.79 Å². The Morgan fingerprint density at radius 2 is 1.64 bits per heavy atom. The summed E-state index contributed by atoms with van der Waals surface area (Å²) in [4.78, 5) is 36.3. The number of benzene rings is 2. The monoisotopic (exact) mass is 450 g/mol. The minimum absolute atomic E-state index is 0.0306. The second-order valence-corrected chi connectivity index (χ2v) is 9.06. The van der Waals surface area contributed by atoms with Crippen LogP contribution in [0, 0.1) is 5.92 Å². The number of carbonyl (C=O) groups is 3. The van der Waals surface area contributed by atoms with Crippen molar-refractivity contribution in [2.75, 3.05) is 19.8 Å². The fourth-order valence-electron chi connectivity index (χ4n) is 4.85. The zero-order chi connectivity index (χ0) is 23.0. The lowest BCUT2D eigenvalue weighted by Crippen LogP contribution is -2.46. The van der Waals surface area contributed by atoms with Crippen LogP contribution in [-0.2, 0) is 19.1 Å². The van der Waals surface area contributed by atoms with E-state index in [1.807, 2.05) is 24.3 Å². The summed E-state index contributed by atoms with van der Waals surface area (Å²) in [6.07, 6.45) is 0.886. The molecule has 1 aliphatic heterocycles. The minimum atomic E-state index is -0.990. The Bertz CT molecular complexity index is 1050. The number of carboxylic acid groups (broad SMARTS) is 1. The summed E-state index contributed by atoms with van der Waals surface area (Å²) in [5, 5.41) is 14.8. The summed E-state index contributed by atoms with van der Waals surface area (Å²) in [6, 6.07) is 15.7. The van der Waals surface area contributed by atoms with E-state index < -0.39 is 29.6 Å². The van der Waals surface area contributed by atoms with Crippen molar-refractivity contribution in [2.45, 2.75) is 36.8 Å². The Morgan fingerprint density at radius 1 is 1.00 bits per heavy atom. The summed E-state index contributed by atoms with van der Waals surface area (Å²) >= 11 is 0. The van der Waals surface area contributed by atoms with E-state index >= 15 is 0 Å². The summed E-state index contributed by atoms with van der Waals surface area (Å²) in [5.41, 5.74) is 3.96. The Hall–Kier alpha value is -3.39. The van der Waals surface area contributed by atoms with Crippen molar-refractivity contribution in [2.24, 2.45) is 5.92 Å². The molecule has 0 radical (unpaired) electrons. The van der Waals surface area contributed by atoms with Gasteiger partial charge in [0.2, 0.25) is 5.91 Å². The number of amides is 2. The maximum absolute atomic E-state index is 12.6. The molecule has 5 rings (SSSR count). The van der Waals surface area contributed by atoms with Gasteiger partial charge in [-0.25, -0.2) is 4.79 Å². The second-order valence-electron chi connectivity index (χ2n) is 9.06. The highest BCUT2D eigenvalue weighted by molar-refractivity contribution is 5.81. The molecule has 2 amide bonds. The molecule has 1 saturated heterocycles. The molecular weight excluding hydrogens is 424 g/mol. The largest absolute Gasteiger partial charge is 0.481 e. The quantitative estimate of drug-likeness (QED) is 0.598. The molecule has 2 atom stereocenters. The highest BCUT2D eigenvalue weighted by atomic mass is 16.5. The van der Waals surface area contributed by atoms with Gasteiger partial charge in [0.1, 0.15) is 12.5 Å². The number of fused-ring (bicyclic) bond motifs is 3. The lowest BCUT2D eigenvalue weighted by Gasteiger charge is -2.21. The first kappa shape index (κ1) is 21.5. The molecule has 8 heteroatoms. The smallest absolute Gasteiger partial charge is 0.407 e. The number of nitrogens with one attached hydrogen (secondary N) is 2. The van der Waals surface area contributed by atoms with E-state index in [2.05, 4.69) is 34.9 Å². The molecule has 172 valence electrons. The molecule has 2 fully saturated rings. The first-order chi connectivity index (χ1) is 16.0. The van der Waals surface area contributed by atoms with Gasteiger partial charge in [0, 0.05) is 12.3 Å². The zero-order valence-electron chi connectivity index (χ0n) is 18.1. The van der Waals surface area contributed by atoms with Gasteiger partial charge in [-0.15, -0.1) is 0 Å². The molecular formula is C25H26N2O6. The van der Waals surface area contributed by atoms with Gasteiger partial charge < -0.3 is 25.2 Å². The normalized spacial score (nSPS) is 22.2. The van der Waals surface area contributed by atoms with Gasteiger partial charge in [0.05, 0.1) is 24.8 Å². The lowest BCUT2D eigenvalue weighted by molar-refractivity contribution is -0.142. The van der Waals surface area contributed by atoms with Gasteiger partial charge >= 0.3 is 12.1 Å². The first-order valence-electron chi connectivity index (χ1n) is 11.2. The average Bonchev–Trinajstić information content (AvgIpc) is 3.24. The number of hydrogen-bond acceptors (Lipinski definition) is 5. The number of hydrogen-bond donors (Lipinski definition) is 3. The van der Waals surface area contributed by atoms with E-state index in [4.69, 9.17) is 9.47 Å². The van der Waals surface area contributed by atoms with Crippen LogP contribution < -0.4 is 10.6 Å². The molecule has 8 nitrogen and oxygen atoms in total. The predicted molar refractivity (Wildman–Crippen MR) is 119 cm³/mol. The highest BCUT2D eigenvalue weighted by Gasteiger charge is 2.47. The molecule has 33 heavy (non-hydrogen) atoms. The van der Waals surface area contributed by atoms with Crippen LogP contribution in [0.1, 0.15) is 36.3 Å². The van der Waals surface area contributed by atoms with Crippen molar-refractivity contribution in [3.8, 4) is 11.1 Å². The third kappa shape index (κ3) is 4.30. The third-order valence-electron chi connectivity index (χ3n) is 6.81. The van der Waals surface area contributed by atoms with Gasteiger partial charge in [-0.3, -0.25) is 9.59 Å². The summed E-state index contributed by atoms with van der Waals surface area (Å²) in [5.74, 6) is -2.07. The lowest BCUT2D eigenvalue weighted by atomic mass is 9.98. The Labute approximate surface area is 191 Å². The van der Waals surface area contributed by atoms with Crippen LogP contribution in [-0.4, -0.2) is 54.5 Å². The molecule has 0 aromatic heterocycles. The van der Waals surface area contributed by atoms with Crippen molar-refractivity contribution in [1.82, 2.24) is 10.6 Å². The molecule has 0 spiro atoms. The van der Waals surface area contributed by atoms with Gasteiger partial charge in [-0.05, 0) is 35.1 Å². The zero-order valence-corrected chi connectivity index (χ0v) is 18.1. The van der Waals surface area contributed by atoms with E-state index in [9.17, 15) is 19.5 Å². The Kier molecular flexibility index (Phi) is 5.54. The molecule has 2 aromatic rings. The Balaban J connectivity index is 1.16. The van der Waals surface area contributed by atoms with Crippen LogP contribution >= 0.6 is 0 Å². The maximum Gasteiger partial charge on any atom is 0.407 e. The molecule has 2 aromatic carbocycles. The van der Waals surface area contributed by atoms with Gasteiger partial charge in [-0.1, -0.05) is 48.5 Å². The molecule has 3 N–H and O–H groups in total.